The molecule has 5 heteroatoms. The summed E-state index contributed by atoms with van der Waals surface area (Å²) >= 11 is 5.44. The van der Waals surface area contributed by atoms with Crippen LogP contribution < -0.4 is 10.9 Å². The van der Waals surface area contributed by atoms with Gasteiger partial charge in [0.1, 0.15) is 0 Å². The van der Waals surface area contributed by atoms with Crippen molar-refractivity contribution in [3.8, 4) is 0 Å². The molecule has 0 radical (unpaired) electrons. The highest BCUT2D eigenvalue weighted by Crippen LogP contribution is 2.02. The molecule has 0 atom stereocenters. The second-order valence-corrected chi connectivity index (χ2v) is 3.16. The van der Waals surface area contributed by atoms with Crippen molar-refractivity contribution in [1.29, 1.82) is 0 Å². The van der Waals surface area contributed by atoms with Crippen molar-refractivity contribution in [1.82, 2.24) is 4.98 Å². The molecule has 1 amide bonds. The van der Waals surface area contributed by atoms with Gasteiger partial charge in [-0.15, -0.1) is 11.6 Å². The van der Waals surface area contributed by atoms with Crippen molar-refractivity contribution >= 4 is 23.2 Å². The molecule has 1 aromatic rings. The molecule has 1 aromatic heterocycles. The van der Waals surface area contributed by atoms with Crippen LogP contribution in [0.2, 0.25) is 0 Å². The van der Waals surface area contributed by atoms with Crippen LogP contribution in [0.1, 0.15) is 12.8 Å². The largest absolute Gasteiger partial charge is 0.327 e. The first-order valence-electron chi connectivity index (χ1n) is 4.27. The fourth-order valence-corrected chi connectivity index (χ4v) is 1.07. The van der Waals surface area contributed by atoms with Gasteiger partial charge in [0.05, 0.1) is 5.69 Å². The Hall–Kier alpha value is -1.29. The van der Waals surface area contributed by atoms with Crippen LogP contribution in [0, 0.1) is 0 Å². The lowest BCUT2D eigenvalue weighted by molar-refractivity contribution is -0.116. The Morgan fingerprint density at radius 2 is 2.29 bits per heavy atom. The van der Waals surface area contributed by atoms with Gasteiger partial charge < -0.3 is 10.3 Å². The minimum Gasteiger partial charge on any atom is -0.327 e. The lowest BCUT2D eigenvalue weighted by Gasteiger charge is -2.02. The molecule has 4 nitrogen and oxygen atoms in total. The van der Waals surface area contributed by atoms with Crippen LogP contribution in [-0.4, -0.2) is 16.8 Å². The predicted octanol–water partition coefficient (Wildman–Crippen LogP) is 1.33. The summed E-state index contributed by atoms with van der Waals surface area (Å²) in [5, 5.41) is 2.64. The van der Waals surface area contributed by atoms with Crippen molar-refractivity contribution in [2.75, 3.05) is 11.2 Å². The smallest absolute Gasteiger partial charge is 0.248 e. The molecule has 0 saturated heterocycles. The van der Waals surface area contributed by atoms with Gasteiger partial charge in [-0.1, -0.05) is 0 Å². The van der Waals surface area contributed by atoms with Crippen molar-refractivity contribution in [2.24, 2.45) is 0 Å². The van der Waals surface area contributed by atoms with E-state index in [9.17, 15) is 9.59 Å². The molecule has 0 spiro atoms. The van der Waals surface area contributed by atoms with Crippen molar-refractivity contribution in [2.45, 2.75) is 12.8 Å². The van der Waals surface area contributed by atoms with Gasteiger partial charge in [0.15, 0.2) is 0 Å². The van der Waals surface area contributed by atoms with Gasteiger partial charge in [0.2, 0.25) is 11.5 Å². The molecule has 0 aliphatic heterocycles. The Morgan fingerprint density at radius 1 is 1.50 bits per heavy atom. The number of pyridine rings is 1. The lowest BCUT2D eigenvalue weighted by atomic mass is 10.3. The summed E-state index contributed by atoms with van der Waals surface area (Å²) in [7, 11) is 0. The average Bonchev–Trinajstić information content (AvgIpc) is 2.18. The highest BCUT2D eigenvalue weighted by molar-refractivity contribution is 6.18. The molecule has 0 fully saturated rings. The predicted molar refractivity (Wildman–Crippen MR) is 55.6 cm³/mol. The number of aromatic amines is 1. The number of nitrogens with one attached hydrogen (secondary N) is 2. The first-order chi connectivity index (χ1) is 6.72. The average molecular weight is 215 g/mol. The summed E-state index contributed by atoms with van der Waals surface area (Å²) < 4.78 is 0. The molecule has 0 saturated carbocycles. The Kier molecular flexibility index (Phi) is 4.19. The summed E-state index contributed by atoms with van der Waals surface area (Å²) in [4.78, 5) is 24.4. The number of carbonyl (C=O) groups is 1. The van der Waals surface area contributed by atoms with E-state index in [0.29, 0.717) is 24.4 Å². The third kappa shape index (κ3) is 3.62. The maximum absolute atomic E-state index is 11.2. The van der Waals surface area contributed by atoms with Crippen molar-refractivity contribution in [3.05, 3.63) is 28.7 Å². The number of hydrogen-bond donors (Lipinski definition) is 2. The van der Waals surface area contributed by atoms with Crippen molar-refractivity contribution in [3.63, 3.8) is 0 Å². The number of anilines is 1. The number of rotatable bonds is 4. The first-order valence-corrected chi connectivity index (χ1v) is 4.80. The highest BCUT2D eigenvalue weighted by atomic mass is 35.5. The summed E-state index contributed by atoms with van der Waals surface area (Å²) in [5.41, 5.74) is 0.396. The van der Waals surface area contributed by atoms with Gasteiger partial charge in [-0.3, -0.25) is 9.59 Å². The maximum Gasteiger partial charge on any atom is 0.248 e. The molecule has 1 heterocycles. The van der Waals surface area contributed by atoms with E-state index in [4.69, 9.17) is 11.6 Å². The minimum absolute atomic E-state index is 0.0994. The zero-order chi connectivity index (χ0) is 10.4. The van der Waals surface area contributed by atoms with Crippen LogP contribution in [0.4, 0.5) is 5.69 Å². The van der Waals surface area contributed by atoms with Crippen LogP contribution >= 0.6 is 11.6 Å². The van der Waals surface area contributed by atoms with E-state index in [-0.39, 0.29) is 11.5 Å². The first kappa shape index (κ1) is 10.8. The summed E-state index contributed by atoms with van der Waals surface area (Å²) in [6, 6.07) is 2.91. The SMILES string of the molecule is O=C(CCCCl)Nc1ccc(=O)[nH]c1. The van der Waals surface area contributed by atoms with E-state index in [2.05, 4.69) is 10.3 Å². The number of carbonyl (C=O) groups excluding carboxylic acids is 1. The number of amides is 1. The van der Waals surface area contributed by atoms with Crippen LogP contribution in [0.5, 0.6) is 0 Å². The number of hydrogen-bond acceptors (Lipinski definition) is 2. The fraction of sp³-hybridized carbons (Fsp3) is 0.333. The second kappa shape index (κ2) is 5.44. The van der Waals surface area contributed by atoms with Gasteiger partial charge in [-0.2, -0.15) is 0 Å². The van der Waals surface area contributed by atoms with Crippen LogP contribution in [0.3, 0.4) is 0 Å². The van der Waals surface area contributed by atoms with Gasteiger partial charge in [0, 0.05) is 24.6 Å². The Balaban J connectivity index is 2.48. The third-order valence-electron chi connectivity index (χ3n) is 1.61. The van der Waals surface area contributed by atoms with Gasteiger partial charge in [0.25, 0.3) is 0 Å². The molecule has 2 N–H and O–H groups in total. The zero-order valence-corrected chi connectivity index (χ0v) is 8.30. The summed E-state index contributed by atoms with van der Waals surface area (Å²) in [6.07, 6.45) is 2.50. The van der Waals surface area contributed by atoms with Crippen molar-refractivity contribution < 1.29 is 4.79 Å². The molecule has 0 unspecified atom stereocenters. The number of aromatic nitrogens is 1. The van der Waals surface area contributed by atoms with E-state index in [1.54, 1.807) is 6.07 Å². The number of alkyl halides is 1. The quantitative estimate of drug-likeness (QED) is 0.743. The summed E-state index contributed by atoms with van der Waals surface area (Å²) in [5.74, 6) is 0.372. The second-order valence-electron chi connectivity index (χ2n) is 2.78. The van der Waals surface area contributed by atoms with E-state index in [0.717, 1.165) is 0 Å². The molecular weight excluding hydrogens is 204 g/mol. The molecule has 0 bridgehead atoms. The molecule has 0 aliphatic rings. The van der Waals surface area contributed by atoms with Gasteiger partial charge in [-0.25, -0.2) is 0 Å². The number of halogens is 1. The van der Waals surface area contributed by atoms with Gasteiger partial charge >= 0.3 is 0 Å². The fourth-order valence-electron chi connectivity index (χ4n) is 0.939. The topological polar surface area (TPSA) is 62.0 Å². The third-order valence-corrected chi connectivity index (χ3v) is 1.87. The monoisotopic (exact) mass is 214 g/mol. The van der Waals surface area contributed by atoms with Gasteiger partial charge in [-0.05, 0) is 12.5 Å². The normalized spacial score (nSPS) is 9.79. The molecule has 14 heavy (non-hydrogen) atoms. The van der Waals surface area contributed by atoms with E-state index in [1.165, 1.54) is 12.3 Å². The molecular formula is C9H11ClN2O2. The van der Waals surface area contributed by atoms with Crippen LogP contribution in [-0.2, 0) is 4.79 Å². The Labute approximate surface area is 86.3 Å². The molecule has 0 aromatic carbocycles. The lowest BCUT2D eigenvalue weighted by Crippen LogP contribution is -2.13. The molecule has 1 rings (SSSR count). The van der Waals surface area contributed by atoms with Crippen LogP contribution in [0.15, 0.2) is 23.1 Å². The number of H-pyrrole nitrogens is 1. The van der Waals surface area contributed by atoms with E-state index >= 15 is 0 Å². The zero-order valence-electron chi connectivity index (χ0n) is 7.55. The van der Waals surface area contributed by atoms with E-state index < -0.39 is 0 Å². The maximum atomic E-state index is 11.2. The highest BCUT2D eigenvalue weighted by Gasteiger charge is 2.00. The van der Waals surface area contributed by atoms with Crippen LogP contribution in [0.25, 0.3) is 0 Å². The summed E-state index contributed by atoms with van der Waals surface area (Å²) in [6.45, 7) is 0. The standard InChI is InChI=1S/C9H11ClN2O2/c10-5-1-2-9(14)12-7-3-4-8(13)11-6-7/h3-4,6H,1-2,5H2,(H,11,13)(H,12,14). The minimum atomic E-state index is -0.191. The molecule has 0 aliphatic carbocycles. The Bertz CT molecular complexity index is 342. The Morgan fingerprint density at radius 3 is 2.86 bits per heavy atom. The molecule has 76 valence electrons. The van der Waals surface area contributed by atoms with E-state index in [1.807, 2.05) is 0 Å².